The van der Waals surface area contributed by atoms with E-state index in [1.807, 2.05) is 18.2 Å². The van der Waals surface area contributed by atoms with Crippen molar-refractivity contribution in [2.24, 2.45) is 0 Å². The maximum Gasteiger partial charge on any atom is 0.412 e. The first kappa shape index (κ1) is 11.7. The molecular formula is C14H17NO2. The van der Waals surface area contributed by atoms with Crippen LogP contribution in [0.25, 0.3) is 0 Å². The summed E-state index contributed by atoms with van der Waals surface area (Å²) < 4.78 is 5.11. The Bertz CT molecular complexity index is 398. The maximum absolute atomic E-state index is 11.4. The second-order valence-corrected chi connectivity index (χ2v) is 4.13. The molecule has 3 heteroatoms. The molecule has 90 valence electrons. The smallest absolute Gasteiger partial charge is 0.410 e. The summed E-state index contributed by atoms with van der Waals surface area (Å²) >= 11 is 0. The molecule has 1 aromatic rings. The Morgan fingerprint density at radius 2 is 2.12 bits per heavy atom. The van der Waals surface area contributed by atoms with E-state index in [2.05, 4.69) is 11.4 Å². The molecule has 0 aliphatic heterocycles. The van der Waals surface area contributed by atoms with Crippen LogP contribution < -0.4 is 10.1 Å². The summed E-state index contributed by atoms with van der Waals surface area (Å²) in [5.74, 6) is 0.574. The van der Waals surface area contributed by atoms with Crippen LogP contribution in [0.5, 0.6) is 5.75 Å². The molecule has 17 heavy (non-hydrogen) atoms. The van der Waals surface area contributed by atoms with Gasteiger partial charge in [0.2, 0.25) is 0 Å². The zero-order chi connectivity index (χ0) is 11.9. The molecular weight excluding hydrogens is 214 g/mol. The van der Waals surface area contributed by atoms with Gasteiger partial charge in [0.15, 0.2) is 0 Å². The van der Waals surface area contributed by atoms with Crippen LogP contribution in [0.15, 0.2) is 42.0 Å². The van der Waals surface area contributed by atoms with Gasteiger partial charge in [-0.2, -0.15) is 0 Å². The molecule has 0 unspecified atom stereocenters. The standard InChI is InChI=1S/C14H17NO2/c16-14(17-13-8-2-1-3-9-13)15-11-10-12-6-4-5-7-12/h1-3,6,8-9H,4-5,7,10-11H2,(H,15,16). The molecule has 0 atom stereocenters. The summed E-state index contributed by atoms with van der Waals surface area (Å²) in [5.41, 5.74) is 1.45. The fourth-order valence-corrected chi connectivity index (χ4v) is 1.92. The fourth-order valence-electron chi connectivity index (χ4n) is 1.92. The molecule has 0 aromatic heterocycles. The monoisotopic (exact) mass is 231 g/mol. The van der Waals surface area contributed by atoms with E-state index in [1.54, 1.807) is 12.1 Å². The molecule has 0 radical (unpaired) electrons. The molecule has 0 saturated heterocycles. The van der Waals surface area contributed by atoms with Crippen molar-refractivity contribution in [1.82, 2.24) is 5.32 Å². The van der Waals surface area contributed by atoms with E-state index >= 15 is 0 Å². The highest BCUT2D eigenvalue weighted by molar-refractivity contribution is 5.70. The van der Waals surface area contributed by atoms with E-state index in [9.17, 15) is 4.79 Å². The summed E-state index contributed by atoms with van der Waals surface area (Å²) in [6, 6.07) is 9.09. The second-order valence-electron chi connectivity index (χ2n) is 4.13. The highest BCUT2D eigenvalue weighted by Crippen LogP contribution is 2.19. The molecule has 0 heterocycles. The fraction of sp³-hybridized carbons (Fsp3) is 0.357. The molecule has 1 N–H and O–H groups in total. The number of carbonyl (C=O) groups is 1. The van der Waals surface area contributed by atoms with Crippen molar-refractivity contribution in [3.8, 4) is 5.75 Å². The van der Waals surface area contributed by atoms with Crippen molar-refractivity contribution in [1.29, 1.82) is 0 Å². The van der Waals surface area contributed by atoms with Crippen molar-refractivity contribution in [2.45, 2.75) is 25.7 Å². The number of para-hydroxylation sites is 1. The number of allylic oxidation sites excluding steroid dienone is 1. The number of benzene rings is 1. The molecule has 0 fully saturated rings. The maximum atomic E-state index is 11.4. The van der Waals surface area contributed by atoms with Crippen molar-refractivity contribution < 1.29 is 9.53 Å². The largest absolute Gasteiger partial charge is 0.412 e. The van der Waals surface area contributed by atoms with E-state index in [0.29, 0.717) is 12.3 Å². The predicted octanol–water partition coefficient (Wildman–Crippen LogP) is 3.28. The van der Waals surface area contributed by atoms with Gasteiger partial charge >= 0.3 is 6.09 Å². The van der Waals surface area contributed by atoms with Gasteiger partial charge in [-0.25, -0.2) is 4.79 Å². The Morgan fingerprint density at radius 3 is 2.82 bits per heavy atom. The number of amides is 1. The topological polar surface area (TPSA) is 38.3 Å². The quantitative estimate of drug-likeness (QED) is 0.807. The minimum atomic E-state index is -0.380. The Hall–Kier alpha value is -1.77. The highest BCUT2D eigenvalue weighted by Gasteiger charge is 2.06. The molecule has 2 rings (SSSR count). The first-order valence-electron chi connectivity index (χ1n) is 6.03. The Balaban J connectivity index is 1.67. The van der Waals surface area contributed by atoms with E-state index in [-0.39, 0.29) is 6.09 Å². The normalized spacial score (nSPS) is 14.2. The van der Waals surface area contributed by atoms with Gasteiger partial charge < -0.3 is 10.1 Å². The van der Waals surface area contributed by atoms with Gasteiger partial charge in [-0.15, -0.1) is 0 Å². The minimum Gasteiger partial charge on any atom is -0.410 e. The van der Waals surface area contributed by atoms with Crippen LogP contribution in [0.3, 0.4) is 0 Å². The summed E-state index contributed by atoms with van der Waals surface area (Å²) in [5, 5.41) is 2.76. The molecule has 1 aliphatic carbocycles. The molecule has 0 spiro atoms. The molecule has 3 nitrogen and oxygen atoms in total. The molecule has 0 saturated carbocycles. The van der Waals surface area contributed by atoms with Crippen LogP contribution >= 0.6 is 0 Å². The van der Waals surface area contributed by atoms with E-state index in [0.717, 1.165) is 6.42 Å². The van der Waals surface area contributed by atoms with Crippen LogP contribution in [-0.4, -0.2) is 12.6 Å². The number of rotatable bonds is 4. The predicted molar refractivity (Wildman–Crippen MR) is 67.0 cm³/mol. The van der Waals surface area contributed by atoms with Crippen molar-refractivity contribution >= 4 is 6.09 Å². The lowest BCUT2D eigenvalue weighted by Gasteiger charge is -2.06. The Labute approximate surface area is 101 Å². The van der Waals surface area contributed by atoms with Gasteiger partial charge in [-0.1, -0.05) is 29.8 Å². The summed E-state index contributed by atoms with van der Waals surface area (Å²) in [6.07, 6.45) is 6.44. The molecule has 1 amide bonds. The second kappa shape index (κ2) is 6.09. The number of nitrogens with one attached hydrogen (secondary N) is 1. The summed E-state index contributed by atoms with van der Waals surface area (Å²) in [7, 11) is 0. The SMILES string of the molecule is O=C(NCCC1=CCCC1)Oc1ccccc1. The van der Waals surface area contributed by atoms with Crippen LogP contribution in [0.1, 0.15) is 25.7 Å². The molecule has 1 aliphatic rings. The van der Waals surface area contributed by atoms with Gasteiger partial charge in [0, 0.05) is 6.54 Å². The van der Waals surface area contributed by atoms with Gasteiger partial charge in [0.05, 0.1) is 0 Å². The first-order chi connectivity index (χ1) is 8.34. The average molecular weight is 231 g/mol. The number of hydrogen-bond acceptors (Lipinski definition) is 2. The third-order valence-corrected chi connectivity index (χ3v) is 2.80. The van der Waals surface area contributed by atoms with Gasteiger partial charge in [-0.05, 0) is 37.8 Å². The zero-order valence-electron chi connectivity index (χ0n) is 9.82. The van der Waals surface area contributed by atoms with Gasteiger partial charge in [0.25, 0.3) is 0 Å². The summed E-state index contributed by atoms with van der Waals surface area (Å²) in [4.78, 5) is 11.4. The minimum absolute atomic E-state index is 0.380. The zero-order valence-corrected chi connectivity index (χ0v) is 9.82. The van der Waals surface area contributed by atoms with Crippen molar-refractivity contribution in [3.05, 3.63) is 42.0 Å². The van der Waals surface area contributed by atoms with Crippen molar-refractivity contribution in [3.63, 3.8) is 0 Å². The number of carbonyl (C=O) groups excluding carboxylic acids is 1. The lowest BCUT2D eigenvalue weighted by Crippen LogP contribution is -2.27. The van der Waals surface area contributed by atoms with E-state index < -0.39 is 0 Å². The third-order valence-electron chi connectivity index (χ3n) is 2.80. The van der Waals surface area contributed by atoms with Crippen molar-refractivity contribution in [2.75, 3.05) is 6.54 Å². The van der Waals surface area contributed by atoms with Gasteiger partial charge in [0.1, 0.15) is 5.75 Å². The van der Waals surface area contributed by atoms with Crippen LogP contribution in [-0.2, 0) is 0 Å². The Kier molecular flexibility index (Phi) is 4.19. The Morgan fingerprint density at radius 1 is 1.29 bits per heavy atom. The van der Waals surface area contributed by atoms with Crippen LogP contribution in [0.2, 0.25) is 0 Å². The van der Waals surface area contributed by atoms with Crippen LogP contribution in [0.4, 0.5) is 4.79 Å². The third kappa shape index (κ3) is 3.94. The molecule has 0 bridgehead atoms. The average Bonchev–Trinajstić information content (AvgIpc) is 2.83. The van der Waals surface area contributed by atoms with Crippen LogP contribution in [0, 0.1) is 0 Å². The number of ether oxygens (including phenoxy) is 1. The van der Waals surface area contributed by atoms with E-state index in [1.165, 1.54) is 24.8 Å². The van der Waals surface area contributed by atoms with Gasteiger partial charge in [-0.3, -0.25) is 0 Å². The van der Waals surface area contributed by atoms with E-state index in [4.69, 9.17) is 4.74 Å². The lowest BCUT2D eigenvalue weighted by atomic mass is 10.2. The first-order valence-corrected chi connectivity index (χ1v) is 6.03. The molecule has 1 aromatic carbocycles. The highest BCUT2D eigenvalue weighted by atomic mass is 16.5. The lowest BCUT2D eigenvalue weighted by molar-refractivity contribution is 0.200. The number of hydrogen-bond donors (Lipinski definition) is 1. The summed E-state index contributed by atoms with van der Waals surface area (Å²) in [6.45, 7) is 0.650.